The molecule has 4 rings (SSSR count). The van der Waals surface area contributed by atoms with Crippen LogP contribution in [0, 0.1) is 11.3 Å². The minimum atomic E-state index is -4.07. The Bertz CT molecular complexity index is 1510. The summed E-state index contributed by atoms with van der Waals surface area (Å²) in [4.78, 5) is 25.8. The number of anilines is 1. The number of carbonyl (C=O) groups is 2. The number of carbonyl (C=O) groups excluding carboxylic acids is 2. The van der Waals surface area contributed by atoms with Crippen molar-refractivity contribution in [3.8, 4) is 0 Å². The molecule has 12 nitrogen and oxygen atoms in total. The quantitative estimate of drug-likeness (QED) is 0.218. The molecule has 2 saturated heterocycles. The van der Waals surface area contributed by atoms with Gasteiger partial charge in [0.1, 0.15) is 5.60 Å². The van der Waals surface area contributed by atoms with Gasteiger partial charge in [0.05, 0.1) is 42.2 Å². The minimum absolute atomic E-state index is 0.0184. The molecule has 2 aliphatic rings. The molecule has 2 fully saturated rings. The molecular formula is C35H52N4O8S. The summed E-state index contributed by atoms with van der Waals surface area (Å²) < 4.78 is 47.0. The van der Waals surface area contributed by atoms with Gasteiger partial charge in [-0.2, -0.15) is 4.31 Å². The van der Waals surface area contributed by atoms with Crippen LogP contribution in [0.25, 0.3) is 0 Å². The van der Waals surface area contributed by atoms with Gasteiger partial charge < -0.3 is 35.3 Å². The Labute approximate surface area is 284 Å². The third-order valence-corrected chi connectivity index (χ3v) is 11.4. The number of nitrogens with one attached hydrogen (secondary N) is 3. The summed E-state index contributed by atoms with van der Waals surface area (Å²) in [6.07, 6.45) is -1.15. The number of alkyl carbamates (subject to hydrolysis) is 1. The number of fused-ring (bicyclic) bond motifs is 1. The predicted octanol–water partition coefficient (Wildman–Crippen LogP) is 3.90. The van der Waals surface area contributed by atoms with Crippen LogP contribution < -0.4 is 16.0 Å². The van der Waals surface area contributed by atoms with Gasteiger partial charge in [0, 0.05) is 24.8 Å². The van der Waals surface area contributed by atoms with Crippen LogP contribution in [0.4, 0.5) is 10.5 Å². The molecular weight excluding hydrogens is 636 g/mol. The lowest BCUT2D eigenvalue weighted by Gasteiger charge is -2.40. The average molecular weight is 689 g/mol. The van der Waals surface area contributed by atoms with Crippen LogP contribution in [0.5, 0.6) is 0 Å². The van der Waals surface area contributed by atoms with Crippen molar-refractivity contribution in [2.45, 2.75) is 95.8 Å². The number of aliphatic hydroxyl groups is 1. The van der Waals surface area contributed by atoms with E-state index in [2.05, 4.69) is 16.0 Å². The molecule has 2 aromatic rings. The number of nitrogens with zero attached hydrogens (tertiary/aromatic N) is 1. The second kappa shape index (κ2) is 15.2. The van der Waals surface area contributed by atoms with Gasteiger partial charge in [-0.1, -0.05) is 65.0 Å². The Morgan fingerprint density at radius 2 is 1.65 bits per heavy atom. The van der Waals surface area contributed by atoms with Crippen molar-refractivity contribution in [3.05, 3.63) is 60.2 Å². The topological polar surface area (TPSA) is 156 Å². The Hall–Kier alpha value is -3.07. The van der Waals surface area contributed by atoms with Crippen molar-refractivity contribution in [2.24, 2.45) is 11.3 Å². The van der Waals surface area contributed by atoms with Crippen molar-refractivity contribution in [2.75, 3.05) is 38.2 Å². The number of aliphatic hydroxyl groups excluding tert-OH is 1. The average Bonchev–Trinajstić information content (AvgIpc) is 3.43. The first-order chi connectivity index (χ1) is 22.5. The van der Waals surface area contributed by atoms with Gasteiger partial charge in [0.15, 0.2) is 5.79 Å². The van der Waals surface area contributed by atoms with Gasteiger partial charge in [-0.3, -0.25) is 4.79 Å². The van der Waals surface area contributed by atoms with Crippen LogP contribution in [0.1, 0.15) is 60.5 Å². The highest BCUT2D eigenvalue weighted by molar-refractivity contribution is 7.89. The summed E-state index contributed by atoms with van der Waals surface area (Å²) in [5, 5.41) is 20.3. The van der Waals surface area contributed by atoms with Crippen LogP contribution in [0.15, 0.2) is 59.5 Å². The third-order valence-electron chi connectivity index (χ3n) is 9.56. The Kier molecular flexibility index (Phi) is 12.0. The first-order valence-electron chi connectivity index (χ1n) is 16.6. The van der Waals surface area contributed by atoms with E-state index in [1.165, 1.54) is 28.6 Å². The predicted molar refractivity (Wildman–Crippen MR) is 183 cm³/mol. The monoisotopic (exact) mass is 688 g/mol. The zero-order valence-electron chi connectivity index (χ0n) is 29.1. The third kappa shape index (κ3) is 8.55. The fourth-order valence-corrected chi connectivity index (χ4v) is 7.89. The second-order valence-electron chi connectivity index (χ2n) is 14.1. The van der Waals surface area contributed by atoms with Crippen molar-refractivity contribution in [3.63, 3.8) is 0 Å². The number of benzene rings is 2. The molecule has 0 bridgehead atoms. The summed E-state index contributed by atoms with van der Waals surface area (Å²) in [5.41, 5.74) is -0.268. The van der Waals surface area contributed by atoms with Gasteiger partial charge in [0.2, 0.25) is 15.9 Å². The van der Waals surface area contributed by atoms with E-state index in [0.717, 1.165) is 5.56 Å². The zero-order chi connectivity index (χ0) is 35.3. The second-order valence-corrected chi connectivity index (χ2v) is 16.1. The number of rotatable bonds is 15. The van der Waals surface area contributed by atoms with E-state index in [0.29, 0.717) is 18.7 Å². The van der Waals surface area contributed by atoms with E-state index in [9.17, 15) is 23.1 Å². The smallest absolute Gasteiger partial charge is 0.408 e. The highest BCUT2D eigenvalue weighted by Crippen LogP contribution is 2.57. The maximum absolute atomic E-state index is 13.9. The van der Waals surface area contributed by atoms with Gasteiger partial charge >= 0.3 is 6.09 Å². The summed E-state index contributed by atoms with van der Waals surface area (Å²) in [5.74, 6) is -1.19. The van der Waals surface area contributed by atoms with Crippen LogP contribution in [-0.2, 0) is 35.4 Å². The number of ether oxygens (including phenoxy) is 3. The SMILES string of the molecule is CC(C)CN(C[C@@H](O)[C@H](Cc1ccccc1)NC(=O)O[C@@]1(C)CO[C@@]2(C)OCC[C@]21C)S(=O)(=O)c1ccc(NC(=O)CNC(C)C)cc1. The van der Waals surface area contributed by atoms with E-state index in [1.807, 2.05) is 78.8 Å². The van der Waals surface area contributed by atoms with Crippen molar-refractivity contribution in [1.82, 2.24) is 14.9 Å². The number of hydrogen-bond acceptors (Lipinski definition) is 9. The molecule has 2 aliphatic heterocycles. The number of sulfonamides is 1. The molecule has 4 N–H and O–H groups in total. The Morgan fingerprint density at radius 3 is 2.27 bits per heavy atom. The van der Waals surface area contributed by atoms with E-state index < -0.39 is 45.1 Å². The summed E-state index contributed by atoms with van der Waals surface area (Å²) in [6.45, 7) is 13.9. The van der Waals surface area contributed by atoms with Crippen LogP contribution in [0.2, 0.25) is 0 Å². The molecule has 2 heterocycles. The molecule has 0 unspecified atom stereocenters. The largest absolute Gasteiger partial charge is 0.440 e. The molecule has 48 heavy (non-hydrogen) atoms. The Balaban J connectivity index is 1.52. The summed E-state index contributed by atoms with van der Waals surface area (Å²) in [7, 11) is -4.07. The first kappa shape index (κ1) is 37.7. The molecule has 266 valence electrons. The van der Waals surface area contributed by atoms with Gasteiger partial charge in [0.25, 0.3) is 0 Å². The fourth-order valence-electron chi connectivity index (χ4n) is 6.27. The number of amides is 2. The highest BCUT2D eigenvalue weighted by atomic mass is 32.2. The molecule has 2 aromatic carbocycles. The summed E-state index contributed by atoms with van der Waals surface area (Å²) in [6, 6.07) is 14.5. The molecule has 0 radical (unpaired) electrons. The molecule has 0 saturated carbocycles. The molecule has 0 spiro atoms. The maximum Gasteiger partial charge on any atom is 0.408 e. The van der Waals surface area contributed by atoms with E-state index in [1.54, 1.807) is 0 Å². The highest BCUT2D eigenvalue weighted by Gasteiger charge is 2.68. The standard InChI is InChI=1S/C35H52N4O8S/c1-24(2)21-39(48(43,44)28-15-13-27(14-16-28)37-31(41)20-36-25(3)4)22-30(40)29(19-26-11-9-8-10-12-26)38-32(42)47-34(6)23-46-35(7)33(34,5)17-18-45-35/h8-16,24-25,29-30,36,40H,17-23H2,1-7H3,(H,37,41)(H,38,42)/t29-,30+,33-,34-,35+/m0/s1. The molecule has 0 aliphatic carbocycles. The zero-order valence-corrected chi connectivity index (χ0v) is 29.9. The molecule has 2 amide bonds. The molecule has 13 heteroatoms. The van der Waals surface area contributed by atoms with Gasteiger partial charge in [-0.25, -0.2) is 13.2 Å². The van der Waals surface area contributed by atoms with Crippen molar-refractivity contribution < 1.29 is 37.3 Å². The van der Waals surface area contributed by atoms with Crippen molar-refractivity contribution >= 4 is 27.7 Å². The Morgan fingerprint density at radius 1 is 0.979 bits per heavy atom. The fraction of sp³-hybridized carbons (Fsp3) is 0.600. The molecule has 0 aromatic heterocycles. The number of hydrogen-bond donors (Lipinski definition) is 4. The van der Waals surface area contributed by atoms with Gasteiger partial charge in [-0.15, -0.1) is 0 Å². The van der Waals surface area contributed by atoms with E-state index >= 15 is 0 Å². The van der Waals surface area contributed by atoms with Crippen molar-refractivity contribution in [1.29, 1.82) is 0 Å². The minimum Gasteiger partial charge on any atom is -0.440 e. The lowest BCUT2D eigenvalue weighted by atomic mass is 9.70. The van der Waals surface area contributed by atoms with Crippen LogP contribution >= 0.6 is 0 Å². The first-order valence-corrected chi connectivity index (χ1v) is 18.0. The van der Waals surface area contributed by atoms with E-state index in [-0.39, 0.29) is 55.4 Å². The van der Waals surface area contributed by atoms with Crippen LogP contribution in [-0.4, -0.2) is 92.3 Å². The van der Waals surface area contributed by atoms with Crippen LogP contribution in [0.3, 0.4) is 0 Å². The lowest BCUT2D eigenvalue weighted by molar-refractivity contribution is -0.203. The van der Waals surface area contributed by atoms with E-state index in [4.69, 9.17) is 14.2 Å². The maximum atomic E-state index is 13.9. The summed E-state index contributed by atoms with van der Waals surface area (Å²) >= 11 is 0. The van der Waals surface area contributed by atoms with Gasteiger partial charge in [-0.05, 0) is 62.4 Å². The normalized spacial score (nSPS) is 25.2. The molecule has 5 atom stereocenters. The lowest BCUT2D eigenvalue weighted by Crippen LogP contribution is -2.55.